The van der Waals surface area contributed by atoms with E-state index in [1.165, 1.54) is 7.11 Å². The molecular weight excluding hydrogens is 377 g/mol. The lowest BCUT2D eigenvalue weighted by Crippen LogP contribution is -3.11. The normalized spacial score (nSPS) is 11.5. The summed E-state index contributed by atoms with van der Waals surface area (Å²) in [7, 11) is 3.26. The van der Waals surface area contributed by atoms with Crippen molar-refractivity contribution < 1.29 is 19.2 Å². The van der Waals surface area contributed by atoms with Gasteiger partial charge in [-0.2, -0.15) is 0 Å². The Kier molecular flexibility index (Phi) is 7.26. The molecule has 3 N–H and O–H groups in total. The molecule has 2 rings (SSSR count). The lowest BCUT2D eigenvalue weighted by Gasteiger charge is -2.15. The van der Waals surface area contributed by atoms with Gasteiger partial charge in [-0.1, -0.05) is 35.3 Å². The number of amides is 2. The number of halogens is 2. The summed E-state index contributed by atoms with van der Waals surface area (Å²) in [4.78, 5) is 25.0. The number of likely N-dealkylation sites (N-methyl/N-ethyl adjacent to an activating group) is 1. The SMILES string of the molecule is COc1ccc(Cl)cc1NC(=O)C[NH+](C)CC(=O)Nc1ccccc1Cl. The summed E-state index contributed by atoms with van der Waals surface area (Å²) < 4.78 is 5.19. The first-order valence-corrected chi connectivity index (χ1v) is 8.63. The molecule has 1 atom stereocenters. The van der Waals surface area contributed by atoms with Crippen molar-refractivity contribution in [3.63, 3.8) is 0 Å². The minimum absolute atomic E-state index is 0.103. The van der Waals surface area contributed by atoms with E-state index >= 15 is 0 Å². The van der Waals surface area contributed by atoms with E-state index in [9.17, 15) is 9.59 Å². The lowest BCUT2D eigenvalue weighted by molar-refractivity contribution is -0.862. The fraction of sp³-hybridized carbons (Fsp3) is 0.222. The Hall–Kier alpha value is -2.28. The smallest absolute Gasteiger partial charge is 0.279 e. The van der Waals surface area contributed by atoms with Crippen molar-refractivity contribution >= 4 is 46.4 Å². The van der Waals surface area contributed by atoms with Crippen LogP contribution in [0.15, 0.2) is 42.5 Å². The molecule has 26 heavy (non-hydrogen) atoms. The molecule has 0 fully saturated rings. The number of quaternary nitrogens is 1. The predicted molar refractivity (Wildman–Crippen MR) is 103 cm³/mol. The quantitative estimate of drug-likeness (QED) is 0.670. The average molecular weight is 397 g/mol. The van der Waals surface area contributed by atoms with Gasteiger partial charge in [0.05, 0.1) is 30.6 Å². The largest absolute Gasteiger partial charge is 0.495 e. The third kappa shape index (κ3) is 5.91. The second kappa shape index (κ2) is 9.43. The molecule has 1 unspecified atom stereocenters. The van der Waals surface area contributed by atoms with E-state index in [1.54, 1.807) is 49.5 Å². The Labute approximate surface area is 162 Å². The molecule has 0 spiro atoms. The van der Waals surface area contributed by atoms with Crippen LogP contribution >= 0.6 is 23.2 Å². The van der Waals surface area contributed by atoms with Crippen molar-refractivity contribution in [2.45, 2.75) is 0 Å². The van der Waals surface area contributed by atoms with Gasteiger partial charge in [-0.05, 0) is 30.3 Å². The summed E-state index contributed by atoms with van der Waals surface area (Å²) >= 11 is 12.0. The number of carbonyl (C=O) groups is 2. The predicted octanol–water partition coefficient (Wildman–Crippen LogP) is 2.09. The van der Waals surface area contributed by atoms with Crippen LogP contribution in [0.3, 0.4) is 0 Å². The van der Waals surface area contributed by atoms with Crippen molar-refractivity contribution in [1.29, 1.82) is 0 Å². The lowest BCUT2D eigenvalue weighted by atomic mass is 10.3. The van der Waals surface area contributed by atoms with Gasteiger partial charge < -0.3 is 20.3 Å². The Morgan fingerprint density at radius 2 is 1.62 bits per heavy atom. The maximum absolute atomic E-state index is 12.2. The van der Waals surface area contributed by atoms with Crippen molar-refractivity contribution in [3.8, 4) is 5.75 Å². The monoisotopic (exact) mass is 396 g/mol. The van der Waals surface area contributed by atoms with Gasteiger partial charge in [-0.15, -0.1) is 0 Å². The molecule has 138 valence electrons. The minimum atomic E-state index is -0.256. The number of anilines is 2. The van der Waals surface area contributed by atoms with Gasteiger partial charge in [0.1, 0.15) is 5.75 Å². The van der Waals surface area contributed by atoms with Gasteiger partial charge in [-0.3, -0.25) is 9.59 Å². The number of nitrogens with one attached hydrogen (secondary N) is 3. The van der Waals surface area contributed by atoms with Gasteiger partial charge in [0.15, 0.2) is 13.1 Å². The highest BCUT2D eigenvalue weighted by Crippen LogP contribution is 2.27. The molecule has 0 radical (unpaired) electrons. The van der Waals surface area contributed by atoms with E-state index in [1.807, 2.05) is 0 Å². The van der Waals surface area contributed by atoms with Crippen LogP contribution in [0.4, 0.5) is 11.4 Å². The van der Waals surface area contributed by atoms with Crippen LogP contribution < -0.4 is 20.3 Å². The molecule has 2 aromatic carbocycles. The average Bonchev–Trinajstić information content (AvgIpc) is 2.56. The van der Waals surface area contributed by atoms with Crippen LogP contribution in [0.5, 0.6) is 5.75 Å². The molecule has 6 nitrogen and oxygen atoms in total. The summed E-state index contributed by atoms with van der Waals surface area (Å²) in [5, 5.41) is 6.42. The van der Waals surface area contributed by atoms with Crippen molar-refractivity contribution in [2.75, 3.05) is 37.9 Å². The van der Waals surface area contributed by atoms with Gasteiger partial charge >= 0.3 is 0 Å². The topological polar surface area (TPSA) is 71.9 Å². The van der Waals surface area contributed by atoms with E-state index in [-0.39, 0.29) is 24.9 Å². The summed E-state index contributed by atoms with van der Waals surface area (Å²) in [5.74, 6) is 0.0224. The van der Waals surface area contributed by atoms with Crippen LogP contribution in [-0.4, -0.2) is 39.1 Å². The zero-order chi connectivity index (χ0) is 19.1. The molecule has 0 heterocycles. The Balaban J connectivity index is 1.88. The van der Waals surface area contributed by atoms with E-state index < -0.39 is 0 Å². The fourth-order valence-corrected chi connectivity index (χ4v) is 2.70. The first kappa shape index (κ1) is 20.0. The maximum Gasteiger partial charge on any atom is 0.279 e. The number of methoxy groups -OCH3 is 1. The maximum atomic E-state index is 12.2. The highest BCUT2D eigenvalue weighted by atomic mass is 35.5. The highest BCUT2D eigenvalue weighted by Gasteiger charge is 2.16. The summed E-state index contributed by atoms with van der Waals surface area (Å²) in [6.45, 7) is 0.219. The van der Waals surface area contributed by atoms with Crippen LogP contribution in [-0.2, 0) is 9.59 Å². The molecular formula is C18H20Cl2N3O3+. The van der Waals surface area contributed by atoms with E-state index in [2.05, 4.69) is 10.6 Å². The van der Waals surface area contributed by atoms with Gasteiger partial charge in [0, 0.05) is 5.02 Å². The molecule has 0 bridgehead atoms. The second-order valence-electron chi connectivity index (χ2n) is 5.73. The number of ether oxygens (including phenoxy) is 1. The zero-order valence-corrected chi connectivity index (χ0v) is 15.9. The molecule has 0 saturated carbocycles. The van der Waals surface area contributed by atoms with Gasteiger partial charge in [0.25, 0.3) is 11.8 Å². The summed E-state index contributed by atoms with van der Waals surface area (Å²) in [6, 6.07) is 11.9. The fourth-order valence-electron chi connectivity index (χ4n) is 2.34. The number of rotatable bonds is 7. The van der Waals surface area contributed by atoms with Gasteiger partial charge in [0.2, 0.25) is 0 Å². The van der Waals surface area contributed by atoms with E-state index in [4.69, 9.17) is 27.9 Å². The molecule has 0 saturated heterocycles. The first-order chi connectivity index (χ1) is 12.4. The minimum Gasteiger partial charge on any atom is -0.495 e. The second-order valence-corrected chi connectivity index (χ2v) is 6.58. The standard InChI is InChI=1S/C18H19Cl2N3O3/c1-23(10-17(24)21-14-6-4-3-5-13(14)20)11-18(25)22-15-9-12(19)7-8-16(15)26-2/h3-9H,10-11H2,1-2H3,(H,21,24)(H,22,25)/p+1. The Bertz CT molecular complexity index is 799. The third-order valence-electron chi connectivity index (χ3n) is 3.51. The van der Waals surface area contributed by atoms with Gasteiger partial charge in [-0.25, -0.2) is 0 Å². The van der Waals surface area contributed by atoms with Crippen molar-refractivity contribution in [1.82, 2.24) is 0 Å². The van der Waals surface area contributed by atoms with Crippen LogP contribution in [0.1, 0.15) is 0 Å². The van der Waals surface area contributed by atoms with Crippen LogP contribution in [0, 0.1) is 0 Å². The zero-order valence-electron chi connectivity index (χ0n) is 14.4. The number of para-hydroxylation sites is 1. The summed E-state index contributed by atoms with van der Waals surface area (Å²) in [5.41, 5.74) is 1.03. The number of hydrogen-bond donors (Lipinski definition) is 3. The Morgan fingerprint density at radius 1 is 1.00 bits per heavy atom. The number of hydrogen-bond acceptors (Lipinski definition) is 3. The van der Waals surface area contributed by atoms with Crippen LogP contribution in [0.2, 0.25) is 10.0 Å². The highest BCUT2D eigenvalue weighted by molar-refractivity contribution is 6.33. The van der Waals surface area contributed by atoms with E-state index in [0.29, 0.717) is 32.1 Å². The molecule has 0 aliphatic carbocycles. The molecule has 2 aromatic rings. The third-order valence-corrected chi connectivity index (χ3v) is 4.07. The number of carbonyl (C=O) groups excluding carboxylic acids is 2. The first-order valence-electron chi connectivity index (χ1n) is 7.88. The molecule has 0 aliphatic rings. The van der Waals surface area contributed by atoms with Crippen LogP contribution in [0.25, 0.3) is 0 Å². The molecule has 8 heteroatoms. The van der Waals surface area contributed by atoms with E-state index in [0.717, 1.165) is 0 Å². The van der Waals surface area contributed by atoms with Crippen molar-refractivity contribution in [3.05, 3.63) is 52.5 Å². The molecule has 0 aliphatic heterocycles. The Morgan fingerprint density at radius 3 is 2.23 bits per heavy atom. The molecule has 0 aromatic heterocycles. The molecule has 2 amide bonds. The number of benzene rings is 2. The van der Waals surface area contributed by atoms with Crippen molar-refractivity contribution in [2.24, 2.45) is 0 Å². The summed E-state index contributed by atoms with van der Waals surface area (Å²) in [6.07, 6.45) is 0.